The van der Waals surface area contributed by atoms with Crippen molar-refractivity contribution in [2.24, 2.45) is 0 Å². The number of hydrogen-bond acceptors (Lipinski definition) is 8. The largest absolute Gasteiger partial charge is 2.00 e. The first kappa shape index (κ1) is 62.5. The smallest absolute Gasteiger partial charge is 0.493 e. The molecule has 0 spiro atoms. The quantitative estimate of drug-likeness (QED) is 0.0261. The number of ketones is 2. The van der Waals surface area contributed by atoms with Gasteiger partial charge in [-0.05, 0) is 36.4 Å². The molecule has 1 aliphatic rings. The summed E-state index contributed by atoms with van der Waals surface area (Å²) >= 11 is 0. The van der Waals surface area contributed by atoms with Gasteiger partial charge in [0.25, 0.3) is 0 Å². The molecule has 12 nitrogen and oxygen atoms in total. The van der Waals surface area contributed by atoms with Crippen LogP contribution in [-0.4, -0.2) is 43.9 Å². The Kier molecular flexibility index (Phi) is 19.6. The average molecular weight is 1310 g/mol. The fourth-order valence-corrected chi connectivity index (χ4v) is 7.47. The Balaban J connectivity index is 0.000000524. The first-order valence-corrected chi connectivity index (χ1v) is 26.4. The molecular weight excluding hydrogens is 1270 g/mol. The van der Waals surface area contributed by atoms with E-state index in [9.17, 15) is 60.0 Å². The standard InChI is InChI=1S/C46H38N6O4.2C2H3N.2F6P.Hg/c53-45-35-15-9-21-41(55-27-11-25-49-31-51(29-33-13-5-7-23-47-33)39-19-3-1-17-37(39)49)43(35)46(54)44-36(45)16-10-22-42(44)56-28-12-26-50-32-52(30-34-14-6-8-24-48-34)40-20-4-2-18-38(40)50;2*1-2-3;2*1-7(2,3,4,5)6;/h1-10,13-24H,11-12,25-30H2;2*1H3;;;/q;;;2*-1;+2. The number of hydrogen-bond donors (Lipinski definition) is 0. The van der Waals surface area contributed by atoms with E-state index in [-0.39, 0.29) is 50.4 Å². The van der Waals surface area contributed by atoms with Crippen LogP contribution in [0.25, 0.3) is 22.1 Å². The molecule has 4 aromatic heterocycles. The summed E-state index contributed by atoms with van der Waals surface area (Å²) in [5.74, 6) is 0.285. The van der Waals surface area contributed by atoms with Crippen LogP contribution >= 0.6 is 15.6 Å². The molecule has 0 unspecified atom stereocenters. The fraction of sp³-hybridized carbons (Fsp3) is 0.200. The van der Waals surface area contributed by atoms with Crippen LogP contribution in [0.4, 0.5) is 50.4 Å². The Labute approximate surface area is 452 Å². The number of benzene rings is 4. The van der Waals surface area contributed by atoms with Crippen LogP contribution in [0.2, 0.25) is 0 Å². The van der Waals surface area contributed by atoms with Gasteiger partial charge >= 0.3 is 93.6 Å². The van der Waals surface area contributed by atoms with E-state index in [2.05, 4.69) is 65.2 Å². The van der Waals surface area contributed by atoms with Crippen LogP contribution in [0.3, 0.4) is 0 Å². The maximum atomic E-state index is 14.3. The van der Waals surface area contributed by atoms with Crippen LogP contribution in [0, 0.1) is 35.3 Å². The maximum Gasteiger partial charge on any atom is 2.00 e. The van der Waals surface area contributed by atoms with Crippen molar-refractivity contribution >= 4 is 49.3 Å². The number of nitriles is 2. The van der Waals surface area contributed by atoms with Crippen molar-refractivity contribution in [3.63, 3.8) is 0 Å². The summed E-state index contributed by atoms with van der Waals surface area (Å²) in [6.07, 6.45) is 11.9. The molecule has 0 saturated heterocycles. The van der Waals surface area contributed by atoms with Crippen molar-refractivity contribution < 1.29 is 106 Å². The zero-order chi connectivity index (χ0) is 56.1. The van der Waals surface area contributed by atoms with Crippen LogP contribution < -0.4 is 18.6 Å². The number of rotatable bonds is 14. The number of aromatic nitrogens is 6. The van der Waals surface area contributed by atoms with E-state index in [0.29, 0.717) is 74.9 Å². The number of carbonyl (C=O) groups is 2. The summed E-state index contributed by atoms with van der Waals surface area (Å²) in [7, 11) is -21.3. The van der Waals surface area contributed by atoms with Crippen LogP contribution in [0.15, 0.2) is 134 Å². The number of nitrogens with zero attached hydrogens (tertiary/aromatic N) is 8. The minimum absolute atomic E-state index is 0. The van der Waals surface area contributed by atoms with Crippen LogP contribution in [0.1, 0.15) is 69.9 Å². The molecule has 0 atom stereocenters. The van der Waals surface area contributed by atoms with Gasteiger partial charge < -0.3 is 27.7 Å². The predicted molar refractivity (Wildman–Crippen MR) is 258 cm³/mol. The Morgan fingerprint density at radius 1 is 0.545 bits per heavy atom. The minimum atomic E-state index is -10.7. The molecule has 0 bridgehead atoms. The molecule has 0 N–H and O–H groups in total. The van der Waals surface area contributed by atoms with Crippen LogP contribution in [0.5, 0.6) is 11.5 Å². The van der Waals surface area contributed by atoms with Crippen molar-refractivity contribution in [2.75, 3.05) is 13.2 Å². The Bertz CT molecular complexity index is 3190. The third kappa shape index (κ3) is 21.2. The molecular formula is C50H44F12HgN8O4P2. The first-order valence-electron chi connectivity index (χ1n) is 22.3. The van der Waals surface area contributed by atoms with Crippen molar-refractivity contribution in [2.45, 2.75) is 52.9 Å². The molecule has 8 aromatic rings. The minimum Gasteiger partial charge on any atom is -0.493 e. The molecule has 1 aliphatic carbocycles. The number of halogens is 12. The van der Waals surface area contributed by atoms with E-state index < -0.39 is 15.6 Å². The number of para-hydroxylation sites is 4. The SMILES string of the molecule is CC#N.CC#N.F[P-](F)(F)(F)(F)F.F[P-](F)(F)(F)(F)F.O=C1c2cccc(OCCCn3[c-][n+](Cc4ccccn4)c4ccccc43)c2C(=O)c2c(OCCC[n+]3[c-]n(Cc4ccccn4)c4ccccc43)cccc21.[Hg+2]. The van der Waals surface area contributed by atoms with Crippen molar-refractivity contribution in [3.8, 4) is 23.6 Å². The van der Waals surface area contributed by atoms with E-state index in [1.807, 2.05) is 60.7 Å². The fourth-order valence-electron chi connectivity index (χ4n) is 7.47. The molecule has 0 saturated carbocycles. The third-order valence-corrected chi connectivity index (χ3v) is 10.1. The summed E-state index contributed by atoms with van der Waals surface area (Å²) in [5, 5.41) is 14.6. The molecule has 0 amide bonds. The molecule has 0 radical (unpaired) electrons. The zero-order valence-corrected chi connectivity index (χ0v) is 48.0. The summed E-state index contributed by atoms with van der Waals surface area (Å²) < 4.78 is 139. The van der Waals surface area contributed by atoms with Gasteiger partial charge in [-0.1, -0.05) is 84.9 Å². The van der Waals surface area contributed by atoms with Gasteiger partial charge in [-0.15, -0.1) is 0 Å². The number of aryl methyl sites for hydroxylation is 2. The first-order chi connectivity index (χ1) is 35.3. The summed E-state index contributed by atoms with van der Waals surface area (Å²) in [6.45, 7) is 6.08. The molecule has 0 fully saturated rings. The van der Waals surface area contributed by atoms with Gasteiger partial charge in [0.15, 0.2) is 5.78 Å². The third-order valence-electron chi connectivity index (χ3n) is 10.1. The molecule has 4 aromatic carbocycles. The topological polar surface area (TPSA) is 144 Å². The summed E-state index contributed by atoms with van der Waals surface area (Å²) in [5.41, 5.74) is 7.41. The van der Waals surface area contributed by atoms with Gasteiger partial charge in [-0.2, -0.15) is 10.5 Å². The van der Waals surface area contributed by atoms with Gasteiger partial charge in [0.1, 0.15) is 24.6 Å². The molecule has 0 aliphatic heterocycles. The van der Waals surface area contributed by atoms with Crippen LogP contribution in [-0.2, 0) is 53.8 Å². The van der Waals surface area contributed by atoms with E-state index >= 15 is 0 Å². The van der Waals surface area contributed by atoms with E-state index in [1.165, 1.54) is 13.8 Å². The second kappa shape index (κ2) is 24.1. The van der Waals surface area contributed by atoms with Gasteiger partial charge in [-0.3, -0.25) is 19.6 Å². The number of pyridine rings is 2. The Morgan fingerprint density at radius 2 is 0.961 bits per heavy atom. The molecule has 404 valence electrons. The Hall–Kier alpha value is -7.00. The molecule has 9 rings (SSSR count). The number of ether oxygens (including phenoxy) is 2. The van der Waals surface area contributed by atoms with Crippen molar-refractivity contribution in [1.29, 1.82) is 10.5 Å². The number of imidazole rings is 2. The monoisotopic (exact) mass is 1310 g/mol. The van der Waals surface area contributed by atoms with Gasteiger partial charge in [0.05, 0.1) is 61.0 Å². The van der Waals surface area contributed by atoms with Gasteiger partial charge in [0, 0.05) is 72.3 Å². The molecule has 4 heterocycles. The molecule has 77 heavy (non-hydrogen) atoms. The Morgan fingerprint density at radius 3 is 1.44 bits per heavy atom. The summed E-state index contributed by atoms with van der Waals surface area (Å²) in [6, 6.07) is 42.1. The van der Waals surface area contributed by atoms with E-state index in [4.69, 9.17) is 20.0 Å². The normalized spacial score (nSPS) is 13.3. The van der Waals surface area contributed by atoms with Crippen molar-refractivity contribution in [1.82, 2.24) is 19.1 Å². The van der Waals surface area contributed by atoms with E-state index in [0.717, 1.165) is 33.5 Å². The number of carbonyl (C=O) groups excluding carboxylic acids is 2. The van der Waals surface area contributed by atoms with Crippen molar-refractivity contribution in [3.05, 3.63) is 180 Å². The number of fused-ring (bicyclic) bond motifs is 4. The molecule has 27 heteroatoms. The second-order valence-electron chi connectivity index (χ2n) is 16.1. The maximum absolute atomic E-state index is 14.3. The predicted octanol–water partition coefficient (Wildman–Crippen LogP) is 14.2. The van der Waals surface area contributed by atoms with E-state index in [1.54, 1.807) is 60.9 Å². The average Bonchev–Trinajstić information content (AvgIpc) is 3.86. The summed E-state index contributed by atoms with van der Waals surface area (Å²) in [4.78, 5) is 37.0. The van der Waals surface area contributed by atoms with Gasteiger partial charge in [0.2, 0.25) is 18.4 Å². The zero-order valence-electron chi connectivity index (χ0n) is 40.7. The van der Waals surface area contributed by atoms with Gasteiger partial charge in [-0.25, -0.2) is 0 Å². The second-order valence-corrected chi connectivity index (χ2v) is 19.9.